The summed E-state index contributed by atoms with van der Waals surface area (Å²) in [6, 6.07) is 0. The summed E-state index contributed by atoms with van der Waals surface area (Å²) in [4.78, 5) is 6.69. The van der Waals surface area contributed by atoms with Gasteiger partial charge in [0.15, 0.2) is 5.96 Å². The van der Waals surface area contributed by atoms with Crippen molar-refractivity contribution in [3.8, 4) is 0 Å². The van der Waals surface area contributed by atoms with E-state index < -0.39 is 0 Å². The van der Waals surface area contributed by atoms with Gasteiger partial charge in [-0.25, -0.2) is 0 Å². The maximum Gasteiger partial charge on any atom is 0.191 e. The van der Waals surface area contributed by atoms with Gasteiger partial charge in [0.2, 0.25) is 0 Å². The molecular formula is C12H25N3. The van der Waals surface area contributed by atoms with E-state index in [1.165, 1.54) is 32.1 Å². The molecule has 0 bridgehead atoms. The first kappa shape index (κ1) is 12.3. The molecule has 0 saturated carbocycles. The summed E-state index contributed by atoms with van der Waals surface area (Å²) in [6.07, 6.45) is 6.59. The van der Waals surface area contributed by atoms with E-state index in [2.05, 4.69) is 23.7 Å². The van der Waals surface area contributed by atoms with Gasteiger partial charge in [-0.3, -0.25) is 4.99 Å². The molecule has 2 N–H and O–H groups in total. The van der Waals surface area contributed by atoms with Crippen molar-refractivity contribution in [1.29, 1.82) is 0 Å². The van der Waals surface area contributed by atoms with Crippen LogP contribution in [0.4, 0.5) is 0 Å². The molecule has 0 unspecified atom stereocenters. The maximum atomic E-state index is 5.99. The quantitative estimate of drug-likeness (QED) is 0.562. The number of hydrogen-bond donors (Lipinski definition) is 1. The number of aliphatic imine (C=N–C) groups is 1. The van der Waals surface area contributed by atoms with Crippen LogP contribution in [0, 0.1) is 5.92 Å². The second kappa shape index (κ2) is 6.70. The highest BCUT2D eigenvalue weighted by Crippen LogP contribution is 2.10. The first-order valence-electron chi connectivity index (χ1n) is 6.25. The molecule has 0 aromatic rings. The van der Waals surface area contributed by atoms with E-state index in [9.17, 15) is 0 Å². The third-order valence-electron chi connectivity index (χ3n) is 2.80. The van der Waals surface area contributed by atoms with Crippen LogP contribution in [-0.2, 0) is 0 Å². The van der Waals surface area contributed by atoms with Gasteiger partial charge in [0.05, 0.1) is 0 Å². The fraction of sp³-hybridized carbons (Fsp3) is 0.917. The van der Waals surface area contributed by atoms with Crippen LogP contribution in [0.1, 0.15) is 46.0 Å². The van der Waals surface area contributed by atoms with Gasteiger partial charge >= 0.3 is 0 Å². The minimum Gasteiger partial charge on any atom is -0.370 e. The molecule has 1 heterocycles. The number of nitrogens with zero attached hydrogens (tertiary/aromatic N) is 2. The minimum absolute atomic E-state index is 0.596. The van der Waals surface area contributed by atoms with Crippen LogP contribution < -0.4 is 5.73 Å². The minimum atomic E-state index is 0.596. The van der Waals surface area contributed by atoms with Gasteiger partial charge in [0, 0.05) is 19.6 Å². The molecule has 1 saturated heterocycles. The van der Waals surface area contributed by atoms with Gasteiger partial charge < -0.3 is 10.6 Å². The van der Waals surface area contributed by atoms with E-state index in [1.54, 1.807) is 0 Å². The van der Waals surface area contributed by atoms with E-state index in [-0.39, 0.29) is 0 Å². The molecule has 0 aromatic heterocycles. The normalized spacial score (nSPS) is 20.2. The fourth-order valence-corrected chi connectivity index (χ4v) is 1.85. The topological polar surface area (TPSA) is 41.6 Å². The van der Waals surface area contributed by atoms with Crippen LogP contribution in [0.2, 0.25) is 0 Å². The van der Waals surface area contributed by atoms with Crippen molar-refractivity contribution >= 4 is 5.96 Å². The SMILES string of the molecule is CC(C)CN=C(N)N1CCCCCCC1. The van der Waals surface area contributed by atoms with Gasteiger partial charge in [0.1, 0.15) is 0 Å². The van der Waals surface area contributed by atoms with Crippen molar-refractivity contribution in [3.63, 3.8) is 0 Å². The highest BCUT2D eigenvalue weighted by atomic mass is 15.2. The number of nitrogens with two attached hydrogens (primary N) is 1. The van der Waals surface area contributed by atoms with Gasteiger partial charge in [-0.1, -0.05) is 33.1 Å². The van der Waals surface area contributed by atoms with E-state index in [0.717, 1.165) is 25.6 Å². The average molecular weight is 211 g/mol. The molecule has 0 aromatic carbocycles. The molecule has 1 rings (SSSR count). The third-order valence-corrected chi connectivity index (χ3v) is 2.80. The predicted octanol–water partition coefficient (Wildman–Crippen LogP) is 2.22. The highest BCUT2D eigenvalue weighted by molar-refractivity contribution is 5.78. The van der Waals surface area contributed by atoms with Crippen molar-refractivity contribution in [2.75, 3.05) is 19.6 Å². The standard InChI is InChI=1S/C12H25N3/c1-11(2)10-14-12(13)15-8-6-4-3-5-7-9-15/h11H,3-10H2,1-2H3,(H2,13,14). The van der Waals surface area contributed by atoms with Crippen LogP contribution in [0.5, 0.6) is 0 Å². The summed E-state index contributed by atoms with van der Waals surface area (Å²) < 4.78 is 0. The number of hydrogen-bond acceptors (Lipinski definition) is 1. The molecule has 88 valence electrons. The largest absolute Gasteiger partial charge is 0.370 e. The van der Waals surface area contributed by atoms with Crippen molar-refractivity contribution in [1.82, 2.24) is 4.90 Å². The lowest BCUT2D eigenvalue weighted by molar-refractivity contribution is 0.357. The molecule has 0 radical (unpaired) electrons. The average Bonchev–Trinajstić information content (AvgIpc) is 2.13. The molecule has 15 heavy (non-hydrogen) atoms. The lowest BCUT2D eigenvalue weighted by Crippen LogP contribution is -2.39. The third kappa shape index (κ3) is 5.05. The Balaban J connectivity index is 2.40. The van der Waals surface area contributed by atoms with Crippen molar-refractivity contribution in [2.24, 2.45) is 16.6 Å². The Hall–Kier alpha value is -0.730. The van der Waals surface area contributed by atoms with E-state index in [1.807, 2.05) is 0 Å². The molecule has 3 heteroatoms. The Kier molecular flexibility index (Phi) is 5.51. The summed E-state index contributed by atoms with van der Waals surface area (Å²) >= 11 is 0. The fourth-order valence-electron chi connectivity index (χ4n) is 1.85. The summed E-state index contributed by atoms with van der Waals surface area (Å²) in [6.45, 7) is 7.37. The maximum absolute atomic E-state index is 5.99. The van der Waals surface area contributed by atoms with Gasteiger partial charge in [-0.05, 0) is 18.8 Å². The van der Waals surface area contributed by atoms with Crippen LogP contribution in [-0.4, -0.2) is 30.5 Å². The Morgan fingerprint density at radius 1 is 1.13 bits per heavy atom. The number of rotatable bonds is 2. The first-order chi connectivity index (χ1) is 7.20. The lowest BCUT2D eigenvalue weighted by atomic mass is 10.1. The Morgan fingerprint density at radius 3 is 2.20 bits per heavy atom. The Labute approximate surface area is 93.7 Å². The Bertz CT molecular complexity index is 191. The second-order valence-corrected chi connectivity index (χ2v) is 4.85. The number of likely N-dealkylation sites (tertiary alicyclic amines) is 1. The van der Waals surface area contributed by atoms with Crippen molar-refractivity contribution < 1.29 is 0 Å². The monoisotopic (exact) mass is 211 g/mol. The summed E-state index contributed by atoms with van der Waals surface area (Å²) in [5.74, 6) is 1.35. The van der Waals surface area contributed by atoms with Crippen LogP contribution in [0.15, 0.2) is 4.99 Å². The van der Waals surface area contributed by atoms with Crippen LogP contribution in [0.3, 0.4) is 0 Å². The second-order valence-electron chi connectivity index (χ2n) is 4.85. The van der Waals surface area contributed by atoms with Crippen LogP contribution >= 0.6 is 0 Å². The molecule has 1 fully saturated rings. The van der Waals surface area contributed by atoms with Crippen LogP contribution in [0.25, 0.3) is 0 Å². The zero-order valence-corrected chi connectivity index (χ0v) is 10.2. The van der Waals surface area contributed by atoms with Gasteiger partial charge in [-0.15, -0.1) is 0 Å². The van der Waals surface area contributed by atoms with Crippen molar-refractivity contribution in [3.05, 3.63) is 0 Å². The van der Waals surface area contributed by atoms with Gasteiger partial charge in [0.25, 0.3) is 0 Å². The zero-order chi connectivity index (χ0) is 11.1. The van der Waals surface area contributed by atoms with Crippen molar-refractivity contribution in [2.45, 2.75) is 46.0 Å². The Morgan fingerprint density at radius 2 is 1.67 bits per heavy atom. The molecule has 0 atom stereocenters. The summed E-state index contributed by atoms with van der Waals surface area (Å²) in [5, 5.41) is 0. The molecule has 0 amide bonds. The van der Waals surface area contributed by atoms with E-state index >= 15 is 0 Å². The smallest absolute Gasteiger partial charge is 0.191 e. The zero-order valence-electron chi connectivity index (χ0n) is 10.2. The molecular weight excluding hydrogens is 186 g/mol. The first-order valence-corrected chi connectivity index (χ1v) is 6.25. The summed E-state index contributed by atoms with van der Waals surface area (Å²) in [5.41, 5.74) is 5.99. The number of guanidine groups is 1. The molecule has 1 aliphatic heterocycles. The van der Waals surface area contributed by atoms with Gasteiger partial charge in [-0.2, -0.15) is 0 Å². The van der Waals surface area contributed by atoms with E-state index in [0.29, 0.717) is 5.92 Å². The molecule has 0 spiro atoms. The molecule has 0 aliphatic carbocycles. The predicted molar refractivity (Wildman–Crippen MR) is 66.0 cm³/mol. The van der Waals surface area contributed by atoms with E-state index in [4.69, 9.17) is 5.73 Å². The lowest BCUT2D eigenvalue weighted by Gasteiger charge is -2.25. The highest BCUT2D eigenvalue weighted by Gasteiger charge is 2.09. The molecule has 3 nitrogen and oxygen atoms in total. The molecule has 1 aliphatic rings. The summed E-state index contributed by atoms with van der Waals surface area (Å²) in [7, 11) is 0.